The Hall–Kier alpha value is -3.32. The van der Waals surface area contributed by atoms with E-state index >= 15 is 0 Å². The Morgan fingerprint density at radius 2 is 1.71 bits per heavy atom. The Balaban J connectivity index is 1.51. The number of carbonyl (C=O) groups excluding carboxylic acids is 1. The van der Waals surface area contributed by atoms with Crippen LogP contribution in [0.3, 0.4) is 0 Å². The van der Waals surface area contributed by atoms with Crippen LogP contribution in [-0.2, 0) is 11.8 Å². The lowest BCUT2D eigenvalue weighted by Gasteiger charge is -2.14. The van der Waals surface area contributed by atoms with Crippen molar-refractivity contribution in [1.29, 1.82) is 0 Å². The highest BCUT2D eigenvalue weighted by atomic mass is 35.5. The highest BCUT2D eigenvalue weighted by molar-refractivity contribution is 6.36. The molecule has 4 rings (SSSR count). The first kappa shape index (κ1) is 18.1. The maximum absolute atomic E-state index is 12.3. The zero-order chi connectivity index (χ0) is 19.8. The molecule has 1 aliphatic rings. The van der Waals surface area contributed by atoms with Crippen LogP contribution in [0.25, 0.3) is 11.1 Å². The molecule has 1 heterocycles. The van der Waals surface area contributed by atoms with E-state index in [2.05, 4.69) is 22.5 Å². The second kappa shape index (κ2) is 7.01. The number of anilines is 1. The van der Waals surface area contributed by atoms with Crippen LogP contribution >= 0.6 is 11.6 Å². The molecule has 0 spiro atoms. The summed E-state index contributed by atoms with van der Waals surface area (Å²) in [6, 6.07) is 16.0. The molecule has 2 aromatic carbocycles. The van der Waals surface area contributed by atoms with Crippen LogP contribution in [-0.4, -0.2) is 33.6 Å². The molecule has 28 heavy (non-hydrogen) atoms. The van der Waals surface area contributed by atoms with Crippen molar-refractivity contribution < 1.29 is 19.4 Å². The Labute approximate surface area is 165 Å². The maximum Gasteiger partial charge on any atom is 0.412 e. The summed E-state index contributed by atoms with van der Waals surface area (Å²) in [5.41, 5.74) is 4.13. The fraction of sp³-hybridized carbons (Fsp3) is 0.150. The number of aryl methyl sites for hydroxylation is 1. The topological polar surface area (TPSA) is 93.5 Å². The van der Waals surface area contributed by atoms with E-state index in [0.29, 0.717) is 0 Å². The van der Waals surface area contributed by atoms with Crippen molar-refractivity contribution in [2.45, 2.75) is 5.92 Å². The number of ether oxygens (including phenoxy) is 1. The number of nitrogens with zero attached hydrogens (tertiary/aromatic N) is 2. The molecule has 0 saturated heterocycles. The summed E-state index contributed by atoms with van der Waals surface area (Å²) in [5, 5.41) is 15.2. The summed E-state index contributed by atoms with van der Waals surface area (Å²) in [6.45, 7) is 0.140. The molecule has 1 amide bonds. The Morgan fingerprint density at radius 1 is 1.14 bits per heavy atom. The number of carboxylic acid groups (broad SMARTS) is 1. The van der Waals surface area contributed by atoms with E-state index in [4.69, 9.17) is 21.4 Å². The number of halogens is 1. The van der Waals surface area contributed by atoms with Gasteiger partial charge >= 0.3 is 12.1 Å². The molecule has 1 aromatic heterocycles. The number of benzene rings is 2. The monoisotopic (exact) mass is 397 g/mol. The van der Waals surface area contributed by atoms with Crippen LogP contribution in [0.4, 0.5) is 10.6 Å². The quantitative estimate of drug-likeness (QED) is 0.690. The van der Waals surface area contributed by atoms with E-state index in [1.54, 1.807) is 0 Å². The van der Waals surface area contributed by atoms with E-state index in [0.717, 1.165) is 22.3 Å². The first-order chi connectivity index (χ1) is 13.5. The van der Waals surface area contributed by atoms with Crippen molar-refractivity contribution >= 4 is 29.5 Å². The number of aromatic carboxylic acids is 1. The van der Waals surface area contributed by atoms with Crippen molar-refractivity contribution in [1.82, 2.24) is 9.78 Å². The molecule has 0 aliphatic heterocycles. The van der Waals surface area contributed by atoms with Gasteiger partial charge in [-0.25, -0.2) is 9.59 Å². The average Bonchev–Trinajstić information content (AvgIpc) is 3.16. The summed E-state index contributed by atoms with van der Waals surface area (Å²) >= 11 is 6.00. The second-order valence-corrected chi connectivity index (χ2v) is 6.77. The third kappa shape index (κ3) is 2.99. The number of amides is 1. The summed E-state index contributed by atoms with van der Waals surface area (Å²) < 4.78 is 6.61. The van der Waals surface area contributed by atoms with Gasteiger partial charge in [0.2, 0.25) is 0 Å². The molecular weight excluding hydrogens is 382 g/mol. The van der Waals surface area contributed by atoms with Gasteiger partial charge in [-0.15, -0.1) is 0 Å². The number of carbonyl (C=O) groups is 2. The molecule has 0 radical (unpaired) electrons. The minimum atomic E-state index is -1.28. The van der Waals surface area contributed by atoms with E-state index in [9.17, 15) is 9.59 Å². The average molecular weight is 398 g/mol. The van der Waals surface area contributed by atoms with Gasteiger partial charge in [0.15, 0.2) is 11.5 Å². The molecule has 0 saturated carbocycles. The zero-order valence-electron chi connectivity index (χ0n) is 14.8. The van der Waals surface area contributed by atoms with Crippen LogP contribution in [0.15, 0.2) is 48.5 Å². The van der Waals surface area contributed by atoms with Crippen molar-refractivity contribution in [3.05, 3.63) is 70.4 Å². The molecule has 8 heteroatoms. The van der Waals surface area contributed by atoms with Gasteiger partial charge in [-0.05, 0) is 22.3 Å². The number of hydrogen-bond acceptors (Lipinski definition) is 4. The minimum absolute atomic E-state index is 0.0660. The largest absolute Gasteiger partial charge is 0.476 e. The number of rotatable bonds is 4. The minimum Gasteiger partial charge on any atom is -0.476 e. The van der Waals surface area contributed by atoms with Gasteiger partial charge in [0.1, 0.15) is 11.6 Å². The van der Waals surface area contributed by atoms with E-state index in [1.807, 2.05) is 36.4 Å². The second-order valence-electron chi connectivity index (χ2n) is 6.39. The molecule has 3 aromatic rings. The van der Waals surface area contributed by atoms with Crippen LogP contribution < -0.4 is 5.32 Å². The van der Waals surface area contributed by atoms with Gasteiger partial charge < -0.3 is 9.84 Å². The molecule has 7 nitrogen and oxygen atoms in total. The predicted molar refractivity (Wildman–Crippen MR) is 104 cm³/mol. The van der Waals surface area contributed by atoms with E-state index < -0.39 is 12.1 Å². The summed E-state index contributed by atoms with van der Waals surface area (Å²) in [7, 11) is 1.48. The fourth-order valence-electron chi connectivity index (χ4n) is 3.50. The Kier molecular flexibility index (Phi) is 4.52. The number of fused-ring (bicyclic) bond motifs is 3. The van der Waals surface area contributed by atoms with Gasteiger partial charge in [0.25, 0.3) is 0 Å². The Bertz CT molecular complexity index is 1050. The number of aromatic nitrogens is 2. The van der Waals surface area contributed by atoms with E-state index in [1.165, 1.54) is 11.7 Å². The van der Waals surface area contributed by atoms with Crippen molar-refractivity contribution in [3.63, 3.8) is 0 Å². The Morgan fingerprint density at radius 3 is 2.25 bits per heavy atom. The molecule has 1 aliphatic carbocycles. The lowest BCUT2D eigenvalue weighted by Crippen LogP contribution is -2.19. The lowest BCUT2D eigenvalue weighted by molar-refractivity contribution is 0.0689. The third-order valence-corrected chi connectivity index (χ3v) is 5.11. The molecule has 0 atom stereocenters. The molecule has 142 valence electrons. The van der Waals surface area contributed by atoms with Gasteiger partial charge in [0.05, 0.1) is 0 Å². The SMILES string of the molecule is Cn1nc(C(=O)O)c(Cl)c1NC(=O)OCC1c2ccccc2-c2ccccc21. The standard InChI is InChI=1S/C20H16ClN3O4/c1-24-18(16(21)17(23-24)19(25)26)22-20(27)28-10-15-13-8-4-2-6-11(13)12-7-3-5-9-14(12)15/h2-9,15H,10H2,1H3,(H,22,27)(H,25,26). The van der Waals surface area contributed by atoms with E-state index in [-0.39, 0.29) is 29.1 Å². The maximum atomic E-state index is 12.3. The molecule has 0 fully saturated rings. The summed E-state index contributed by atoms with van der Waals surface area (Å²) in [4.78, 5) is 23.4. The molecule has 0 unspecified atom stereocenters. The van der Waals surface area contributed by atoms with Crippen molar-refractivity contribution in [3.8, 4) is 11.1 Å². The third-order valence-electron chi connectivity index (χ3n) is 4.76. The fourth-order valence-corrected chi connectivity index (χ4v) is 3.79. The van der Waals surface area contributed by atoms with Gasteiger partial charge in [-0.1, -0.05) is 60.1 Å². The number of nitrogens with one attached hydrogen (secondary N) is 1. The molecule has 0 bridgehead atoms. The highest BCUT2D eigenvalue weighted by Crippen LogP contribution is 2.44. The van der Waals surface area contributed by atoms with Gasteiger partial charge in [-0.2, -0.15) is 5.10 Å². The van der Waals surface area contributed by atoms with Gasteiger partial charge in [0, 0.05) is 13.0 Å². The highest BCUT2D eigenvalue weighted by Gasteiger charge is 2.29. The van der Waals surface area contributed by atoms with Crippen LogP contribution in [0, 0.1) is 0 Å². The van der Waals surface area contributed by atoms with Crippen LogP contribution in [0.1, 0.15) is 27.5 Å². The van der Waals surface area contributed by atoms with Crippen LogP contribution in [0.2, 0.25) is 5.02 Å². The van der Waals surface area contributed by atoms with Crippen molar-refractivity contribution in [2.24, 2.45) is 7.05 Å². The number of hydrogen-bond donors (Lipinski definition) is 2. The number of carboxylic acids is 1. The smallest absolute Gasteiger partial charge is 0.412 e. The first-order valence-corrected chi connectivity index (χ1v) is 8.93. The molecular formula is C20H16ClN3O4. The lowest BCUT2D eigenvalue weighted by atomic mass is 9.98. The molecule has 2 N–H and O–H groups in total. The summed E-state index contributed by atoms with van der Waals surface area (Å²) in [6.07, 6.45) is -0.733. The predicted octanol–water partition coefficient (Wildman–Crippen LogP) is 4.13. The van der Waals surface area contributed by atoms with Gasteiger partial charge in [-0.3, -0.25) is 10.00 Å². The van der Waals surface area contributed by atoms with Crippen LogP contribution in [0.5, 0.6) is 0 Å². The normalized spacial score (nSPS) is 12.4. The summed E-state index contributed by atoms with van der Waals surface area (Å²) in [5.74, 6) is -1.28. The zero-order valence-corrected chi connectivity index (χ0v) is 15.6. The van der Waals surface area contributed by atoms with Crippen molar-refractivity contribution in [2.75, 3.05) is 11.9 Å². The first-order valence-electron chi connectivity index (χ1n) is 8.55.